The van der Waals surface area contributed by atoms with Crippen LogP contribution in [0.4, 0.5) is 5.69 Å². The molecule has 6 heteroatoms. The van der Waals surface area contributed by atoms with Gasteiger partial charge in [0.1, 0.15) is 12.4 Å². The molecule has 0 bridgehead atoms. The number of hydrogen-bond donors (Lipinski definition) is 1. The van der Waals surface area contributed by atoms with Crippen LogP contribution < -0.4 is 10.1 Å². The lowest BCUT2D eigenvalue weighted by Crippen LogP contribution is -2.30. The van der Waals surface area contributed by atoms with Gasteiger partial charge in [-0.3, -0.25) is 9.59 Å². The average Bonchev–Trinajstić information content (AvgIpc) is 3.27. The van der Waals surface area contributed by atoms with Gasteiger partial charge in [0, 0.05) is 36.5 Å². The molecule has 0 unspecified atom stereocenters. The number of rotatable bonds is 8. The third kappa shape index (κ3) is 5.57. The van der Waals surface area contributed by atoms with Gasteiger partial charge in [-0.05, 0) is 75.2 Å². The number of anilines is 1. The Morgan fingerprint density at radius 2 is 1.69 bits per heavy atom. The lowest BCUT2D eigenvalue weighted by Gasteiger charge is -2.18. The second-order valence-electron chi connectivity index (χ2n) is 6.98. The summed E-state index contributed by atoms with van der Waals surface area (Å²) < 4.78 is 11.3. The first-order valence-electron chi connectivity index (χ1n) is 10.2. The molecule has 2 aromatic carbocycles. The Bertz CT molecular complexity index is 808. The largest absolute Gasteiger partial charge is 0.491 e. The van der Waals surface area contributed by atoms with Gasteiger partial charge in [0.2, 0.25) is 0 Å². The summed E-state index contributed by atoms with van der Waals surface area (Å²) in [6.45, 7) is 6.58. The van der Waals surface area contributed by atoms with Gasteiger partial charge in [0.05, 0.1) is 6.10 Å². The minimum atomic E-state index is -0.210. The summed E-state index contributed by atoms with van der Waals surface area (Å²) in [5.41, 5.74) is 1.79. The van der Waals surface area contributed by atoms with Crippen molar-refractivity contribution in [2.45, 2.75) is 32.8 Å². The molecule has 1 atom stereocenters. The molecule has 0 aromatic heterocycles. The standard InChI is InChI=1S/C23H28N2O4/c1-3-25(4-2)23(27)18-7-11-19(12-8-18)24-22(26)17-9-13-20(14-10-17)29-16-21-6-5-15-28-21/h7-14,21H,3-6,15-16H2,1-2H3,(H,24,26)/t21-/m1/s1. The molecule has 6 nitrogen and oxygen atoms in total. The highest BCUT2D eigenvalue weighted by atomic mass is 16.5. The van der Waals surface area contributed by atoms with Crippen LogP contribution in [-0.2, 0) is 4.74 Å². The summed E-state index contributed by atoms with van der Waals surface area (Å²) in [4.78, 5) is 26.6. The van der Waals surface area contributed by atoms with E-state index in [1.807, 2.05) is 13.8 Å². The maximum Gasteiger partial charge on any atom is 0.255 e. The molecule has 0 saturated carbocycles. The molecule has 1 aliphatic rings. The molecule has 1 aliphatic heterocycles. The molecule has 1 heterocycles. The molecule has 0 radical (unpaired) electrons. The average molecular weight is 396 g/mol. The van der Waals surface area contributed by atoms with Crippen molar-refractivity contribution in [1.29, 1.82) is 0 Å². The van der Waals surface area contributed by atoms with Crippen LogP contribution in [-0.4, -0.2) is 49.1 Å². The Labute approximate surface area is 171 Å². The summed E-state index contributed by atoms with van der Waals surface area (Å²) in [5.74, 6) is 0.501. The Balaban J connectivity index is 1.54. The molecule has 1 N–H and O–H groups in total. The number of ether oxygens (including phenoxy) is 2. The van der Waals surface area contributed by atoms with Crippen LogP contribution in [0.1, 0.15) is 47.4 Å². The van der Waals surface area contributed by atoms with Crippen LogP contribution >= 0.6 is 0 Å². The van der Waals surface area contributed by atoms with Crippen LogP contribution in [0.5, 0.6) is 5.75 Å². The third-order valence-corrected chi connectivity index (χ3v) is 5.02. The van der Waals surface area contributed by atoms with Gasteiger partial charge in [-0.2, -0.15) is 0 Å². The van der Waals surface area contributed by atoms with Crippen molar-refractivity contribution in [1.82, 2.24) is 4.90 Å². The predicted molar refractivity (Wildman–Crippen MR) is 113 cm³/mol. The number of carbonyl (C=O) groups is 2. The molecule has 1 fully saturated rings. The Morgan fingerprint density at radius 1 is 1.03 bits per heavy atom. The van der Waals surface area contributed by atoms with Crippen LogP contribution in [0.2, 0.25) is 0 Å². The molecule has 0 spiro atoms. The van der Waals surface area contributed by atoms with Gasteiger partial charge in [0.15, 0.2) is 0 Å². The zero-order valence-corrected chi connectivity index (χ0v) is 17.0. The van der Waals surface area contributed by atoms with E-state index in [2.05, 4.69) is 5.32 Å². The van der Waals surface area contributed by atoms with E-state index in [-0.39, 0.29) is 17.9 Å². The molecule has 0 aliphatic carbocycles. The summed E-state index contributed by atoms with van der Waals surface area (Å²) in [7, 11) is 0. The van der Waals surface area contributed by atoms with E-state index < -0.39 is 0 Å². The first kappa shape index (κ1) is 20.9. The van der Waals surface area contributed by atoms with E-state index in [9.17, 15) is 9.59 Å². The van der Waals surface area contributed by atoms with E-state index in [0.717, 1.165) is 25.2 Å². The van der Waals surface area contributed by atoms with Crippen LogP contribution in [0.15, 0.2) is 48.5 Å². The molecular formula is C23H28N2O4. The number of benzene rings is 2. The molecular weight excluding hydrogens is 368 g/mol. The monoisotopic (exact) mass is 396 g/mol. The summed E-state index contributed by atoms with van der Waals surface area (Å²) in [6.07, 6.45) is 2.27. The fourth-order valence-corrected chi connectivity index (χ4v) is 3.26. The predicted octanol–water partition coefficient (Wildman–Crippen LogP) is 3.98. The first-order valence-corrected chi connectivity index (χ1v) is 10.2. The van der Waals surface area contributed by atoms with E-state index in [0.29, 0.717) is 36.5 Å². The third-order valence-electron chi connectivity index (χ3n) is 5.02. The molecule has 2 amide bonds. The molecule has 1 saturated heterocycles. The quantitative estimate of drug-likeness (QED) is 0.733. The zero-order valence-electron chi connectivity index (χ0n) is 17.0. The summed E-state index contributed by atoms with van der Waals surface area (Å²) in [6, 6.07) is 14.0. The fraction of sp³-hybridized carbons (Fsp3) is 0.391. The van der Waals surface area contributed by atoms with E-state index in [1.54, 1.807) is 53.4 Å². The van der Waals surface area contributed by atoms with Crippen molar-refractivity contribution < 1.29 is 19.1 Å². The second-order valence-corrected chi connectivity index (χ2v) is 6.98. The van der Waals surface area contributed by atoms with Crippen LogP contribution in [0, 0.1) is 0 Å². The van der Waals surface area contributed by atoms with E-state index >= 15 is 0 Å². The normalized spacial score (nSPS) is 15.7. The van der Waals surface area contributed by atoms with E-state index in [4.69, 9.17) is 9.47 Å². The Kier molecular flexibility index (Phi) is 7.25. The maximum absolute atomic E-state index is 12.5. The van der Waals surface area contributed by atoms with Gasteiger partial charge >= 0.3 is 0 Å². The van der Waals surface area contributed by atoms with Gasteiger partial charge in [-0.25, -0.2) is 0 Å². The smallest absolute Gasteiger partial charge is 0.255 e. The van der Waals surface area contributed by atoms with Crippen molar-refractivity contribution in [3.05, 3.63) is 59.7 Å². The van der Waals surface area contributed by atoms with Gasteiger partial charge in [-0.1, -0.05) is 0 Å². The Morgan fingerprint density at radius 3 is 2.28 bits per heavy atom. The zero-order chi connectivity index (χ0) is 20.6. The maximum atomic E-state index is 12.5. The lowest BCUT2D eigenvalue weighted by atomic mass is 10.1. The molecule has 154 valence electrons. The lowest BCUT2D eigenvalue weighted by molar-refractivity contribution is 0.0679. The van der Waals surface area contributed by atoms with E-state index in [1.165, 1.54) is 0 Å². The van der Waals surface area contributed by atoms with Crippen molar-refractivity contribution in [3.63, 3.8) is 0 Å². The SMILES string of the molecule is CCN(CC)C(=O)c1ccc(NC(=O)c2ccc(OC[C@H]3CCCO3)cc2)cc1. The minimum absolute atomic E-state index is 0.00790. The fourth-order valence-electron chi connectivity index (χ4n) is 3.26. The summed E-state index contributed by atoms with van der Waals surface area (Å²) >= 11 is 0. The second kappa shape index (κ2) is 10.1. The molecule has 29 heavy (non-hydrogen) atoms. The first-order chi connectivity index (χ1) is 14.1. The number of hydrogen-bond acceptors (Lipinski definition) is 4. The highest BCUT2D eigenvalue weighted by molar-refractivity contribution is 6.04. The van der Waals surface area contributed by atoms with Crippen molar-refractivity contribution in [3.8, 4) is 5.75 Å². The van der Waals surface area contributed by atoms with Gasteiger partial charge in [0.25, 0.3) is 11.8 Å². The number of carbonyl (C=O) groups excluding carboxylic acids is 2. The van der Waals surface area contributed by atoms with Crippen molar-refractivity contribution in [2.75, 3.05) is 31.6 Å². The molecule has 2 aromatic rings. The van der Waals surface area contributed by atoms with Gasteiger partial charge < -0.3 is 19.7 Å². The number of nitrogens with one attached hydrogen (secondary N) is 1. The topological polar surface area (TPSA) is 67.9 Å². The van der Waals surface area contributed by atoms with Crippen molar-refractivity contribution >= 4 is 17.5 Å². The van der Waals surface area contributed by atoms with Gasteiger partial charge in [-0.15, -0.1) is 0 Å². The number of amides is 2. The van der Waals surface area contributed by atoms with Crippen molar-refractivity contribution in [2.24, 2.45) is 0 Å². The highest BCUT2D eigenvalue weighted by Crippen LogP contribution is 2.18. The van der Waals surface area contributed by atoms with Crippen LogP contribution in [0.25, 0.3) is 0 Å². The highest BCUT2D eigenvalue weighted by Gasteiger charge is 2.16. The van der Waals surface area contributed by atoms with Crippen LogP contribution in [0.3, 0.4) is 0 Å². The molecule has 3 rings (SSSR count). The minimum Gasteiger partial charge on any atom is -0.491 e. The Hall–Kier alpha value is -2.86. The summed E-state index contributed by atoms with van der Waals surface area (Å²) in [5, 5.41) is 2.85. The number of nitrogens with zero attached hydrogens (tertiary/aromatic N) is 1.